The minimum atomic E-state index is -0.235. The molecular formula is C19H19N3O2S. The van der Waals surface area contributed by atoms with Gasteiger partial charge in [-0.3, -0.25) is 9.48 Å². The zero-order valence-corrected chi connectivity index (χ0v) is 14.8. The molecular weight excluding hydrogens is 334 g/mol. The minimum Gasteiger partial charge on any atom is -0.379 e. The largest absolute Gasteiger partial charge is 0.379 e. The lowest BCUT2D eigenvalue weighted by Gasteiger charge is -2.02. The number of anilines is 1. The highest BCUT2D eigenvalue weighted by Crippen LogP contribution is 2.35. The first-order chi connectivity index (χ1) is 12.2. The summed E-state index contributed by atoms with van der Waals surface area (Å²) in [6.45, 7) is 4.65. The second kappa shape index (κ2) is 7.92. The Morgan fingerprint density at radius 2 is 2.20 bits per heavy atom. The van der Waals surface area contributed by atoms with Gasteiger partial charge in [-0.2, -0.15) is 5.10 Å². The molecule has 0 bridgehead atoms. The zero-order chi connectivity index (χ0) is 17.6. The third kappa shape index (κ3) is 4.23. The lowest BCUT2D eigenvalue weighted by molar-refractivity contribution is -0.111. The van der Waals surface area contributed by atoms with Gasteiger partial charge in [0.1, 0.15) is 0 Å². The van der Waals surface area contributed by atoms with E-state index in [2.05, 4.69) is 29.1 Å². The van der Waals surface area contributed by atoms with Crippen molar-refractivity contribution in [3.05, 3.63) is 71.9 Å². The quantitative estimate of drug-likeness (QED) is 0.655. The molecule has 1 amide bonds. The molecule has 0 unspecified atom stereocenters. The van der Waals surface area contributed by atoms with Crippen LogP contribution in [-0.2, 0) is 22.7 Å². The summed E-state index contributed by atoms with van der Waals surface area (Å²) in [5, 5.41) is 7.27. The maximum Gasteiger partial charge on any atom is 0.247 e. The molecule has 2 aromatic heterocycles. The second-order valence-electron chi connectivity index (χ2n) is 5.49. The third-order valence-electron chi connectivity index (χ3n) is 3.63. The van der Waals surface area contributed by atoms with Crippen LogP contribution in [0.25, 0.3) is 10.4 Å². The number of carbonyl (C=O) groups is 1. The van der Waals surface area contributed by atoms with E-state index >= 15 is 0 Å². The average molecular weight is 353 g/mol. The first-order valence-corrected chi connectivity index (χ1v) is 8.63. The summed E-state index contributed by atoms with van der Waals surface area (Å²) < 4.78 is 7.13. The summed E-state index contributed by atoms with van der Waals surface area (Å²) >= 11 is 1.58. The minimum absolute atomic E-state index is 0.235. The van der Waals surface area contributed by atoms with Crippen LogP contribution in [0.15, 0.2) is 61.4 Å². The molecule has 0 saturated heterocycles. The highest BCUT2D eigenvalue weighted by Gasteiger charge is 2.13. The number of benzene rings is 1. The number of nitrogens with zero attached hydrogens (tertiary/aromatic N) is 2. The molecule has 6 heteroatoms. The van der Waals surface area contributed by atoms with Gasteiger partial charge in [-0.1, -0.05) is 36.9 Å². The van der Waals surface area contributed by atoms with E-state index in [9.17, 15) is 4.79 Å². The fourth-order valence-corrected chi connectivity index (χ4v) is 3.51. The van der Waals surface area contributed by atoms with E-state index in [0.29, 0.717) is 6.61 Å². The number of rotatable bonds is 7. The van der Waals surface area contributed by atoms with E-state index in [1.54, 1.807) is 18.4 Å². The maximum atomic E-state index is 11.6. The van der Waals surface area contributed by atoms with Crippen LogP contribution >= 0.6 is 11.3 Å². The molecule has 0 spiro atoms. The summed E-state index contributed by atoms with van der Waals surface area (Å²) in [7, 11) is 1.64. The van der Waals surface area contributed by atoms with E-state index in [1.807, 2.05) is 41.3 Å². The van der Waals surface area contributed by atoms with Crippen LogP contribution < -0.4 is 5.32 Å². The van der Waals surface area contributed by atoms with Crippen LogP contribution in [0, 0.1) is 0 Å². The predicted molar refractivity (Wildman–Crippen MR) is 101 cm³/mol. The fraction of sp³-hybridized carbons (Fsp3) is 0.158. The molecule has 0 aliphatic heterocycles. The molecule has 25 heavy (non-hydrogen) atoms. The number of ether oxygens (including phenoxy) is 1. The van der Waals surface area contributed by atoms with Gasteiger partial charge in [0.2, 0.25) is 5.91 Å². The third-order valence-corrected chi connectivity index (χ3v) is 4.79. The molecule has 1 aromatic carbocycles. The highest BCUT2D eigenvalue weighted by molar-refractivity contribution is 7.16. The van der Waals surface area contributed by atoms with Crippen molar-refractivity contribution in [3.63, 3.8) is 0 Å². The summed E-state index contributed by atoms with van der Waals surface area (Å²) in [4.78, 5) is 13.6. The molecule has 0 radical (unpaired) electrons. The van der Waals surface area contributed by atoms with Crippen molar-refractivity contribution in [1.82, 2.24) is 9.78 Å². The van der Waals surface area contributed by atoms with Crippen LogP contribution in [0.4, 0.5) is 5.69 Å². The van der Waals surface area contributed by atoms with Crippen molar-refractivity contribution >= 4 is 22.9 Å². The van der Waals surface area contributed by atoms with Gasteiger partial charge in [-0.25, -0.2) is 0 Å². The number of hydrogen-bond donors (Lipinski definition) is 1. The standard InChI is InChI=1S/C19H19N3O2S/c1-3-19(23)21-16-9-17(25-18(16)13-24-2)15-10-20-22(12-15)11-14-7-5-4-6-8-14/h3-10,12H,1,11,13H2,2H3,(H,21,23). The topological polar surface area (TPSA) is 56.2 Å². The van der Waals surface area contributed by atoms with Crippen LogP contribution in [0.1, 0.15) is 10.4 Å². The molecule has 0 atom stereocenters. The number of aromatic nitrogens is 2. The van der Waals surface area contributed by atoms with Gasteiger partial charge in [0, 0.05) is 23.7 Å². The summed E-state index contributed by atoms with van der Waals surface area (Å²) in [5.41, 5.74) is 2.96. The highest BCUT2D eigenvalue weighted by atomic mass is 32.1. The molecule has 1 N–H and O–H groups in total. The van der Waals surface area contributed by atoms with Gasteiger partial charge in [0.15, 0.2) is 0 Å². The van der Waals surface area contributed by atoms with Crippen LogP contribution in [0.5, 0.6) is 0 Å². The first-order valence-electron chi connectivity index (χ1n) is 7.81. The molecule has 2 heterocycles. The molecule has 0 saturated carbocycles. The summed E-state index contributed by atoms with van der Waals surface area (Å²) in [5.74, 6) is -0.235. The SMILES string of the molecule is C=CC(=O)Nc1cc(-c2cnn(Cc3ccccc3)c2)sc1COC. The van der Waals surface area contributed by atoms with E-state index in [4.69, 9.17) is 4.74 Å². The van der Waals surface area contributed by atoms with Gasteiger partial charge in [0.25, 0.3) is 0 Å². The van der Waals surface area contributed by atoms with E-state index in [1.165, 1.54) is 11.6 Å². The van der Waals surface area contributed by atoms with Crippen molar-refractivity contribution in [3.8, 4) is 10.4 Å². The van der Waals surface area contributed by atoms with E-state index in [-0.39, 0.29) is 5.91 Å². The zero-order valence-electron chi connectivity index (χ0n) is 13.9. The van der Waals surface area contributed by atoms with Crippen molar-refractivity contribution in [1.29, 1.82) is 0 Å². The fourth-order valence-electron chi connectivity index (χ4n) is 2.45. The maximum absolute atomic E-state index is 11.6. The molecule has 0 fully saturated rings. The Morgan fingerprint density at radius 1 is 1.40 bits per heavy atom. The van der Waals surface area contributed by atoms with Crippen LogP contribution in [0.3, 0.4) is 0 Å². The van der Waals surface area contributed by atoms with Gasteiger partial charge >= 0.3 is 0 Å². The Morgan fingerprint density at radius 3 is 2.92 bits per heavy atom. The molecule has 3 aromatic rings. The molecule has 0 aliphatic carbocycles. The van der Waals surface area contributed by atoms with Crippen molar-refractivity contribution in [2.45, 2.75) is 13.2 Å². The van der Waals surface area contributed by atoms with Gasteiger partial charge in [-0.05, 0) is 17.7 Å². The number of hydrogen-bond acceptors (Lipinski definition) is 4. The van der Waals surface area contributed by atoms with Crippen LogP contribution in [-0.4, -0.2) is 22.8 Å². The Balaban J connectivity index is 1.82. The lowest BCUT2D eigenvalue weighted by atomic mass is 10.2. The Hall–Kier alpha value is -2.70. The van der Waals surface area contributed by atoms with Gasteiger partial charge < -0.3 is 10.1 Å². The van der Waals surface area contributed by atoms with E-state index in [0.717, 1.165) is 27.5 Å². The number of thiophene rings is 1. The lowest BCUT2D eigenvalue weighted by Crippen LogP contribution is -2.08. The average Bonchev–Trinajstić information content (AvgIpc) is 3.23. The van der Waals surface area contributed by atoms with Crippen LogP contribution in [0.2, 0.25) is 0 Å². The molecule has 0 aliphatic rings. The van der Waals surface area contributed by atoms with Crippen molar-refractivity contribution in [2.75, 3.05) is 12.4 Å². The monoisotopic (exact) mass is 353 g/mol. The summed E-state index contributed by atoms with van der Waals surface area (Å²) in [6.07, 6.45) is 5.10. The molecule has 5 nitrogen and oxygen atoms in total. The van der Waals surface area contributed by atoms with E-state index < -0.39 is 0 Å². The summed E-state index contributed by atoms with van der Waals surface area (Å²) in [6, 6.07) is 12.1. The Labute approximate surface area is 150 Å². The Bertz CT molecular complexity index is 868. The van der Waals surface area contributed by atoms with Gasteiger partial charge in [-0.15, -0.1) is 11.3 Å². The van der Waals surface area contributed by atoms with Crippen molar-refractivity contribution < 1.29 is 9.53 Å². The number of carbonyl (C=O) groups excluding carboxylic acids is 1. The predicted octanol–water partition coefficient (Wildman–Crippen LogP) is 3.93. The normalized spacial score (nSPS) is 10.6. The number of amides is 1. The first kappa shape index (κ1) is 17.1. The number of nitrogens with one attached hydrogen (secondary N) is 1. The smallest absolute Gasteiger partial charge is 0.247 e. The second-order valence-corrected chi connectivity index (χ2v) is 6.62. The van der Waals surface area contributed by atoms with Crippen molar-refractivity contribution in [2.24, 2.45) is 0 Å². The Kier molecular flexibility index (Phi) is 5.42. The number of methoxy groups -OCH3 is 1. The van der Waals surface area contributed by atoms with Gasteiger partial charge in [0.05, 0.1) is 29.9 Å². The molecule has 128 valence electrons. The molecule has 3 rings (SSSR count).